The molecule has 2 aromatic rings. The van der Waals surface area contributed by atoms with Gasteiger partial charge in [-0.1, -0.05) is 6.58 Å². The zero-order valence-corrected chi connectivity index (χ0v) is 17.0. The summed E-state index contributed by atoms with van der Waals surface area (Å²) in [5.74, 6) is 0.411. The number of nitro benzene ring substituents is 1. The summed E-state index contributed by atoms with van der Waals surface area (Å²) in [6, 6.07) is 13.1. The van der Waals surface area contributed by atoms with Crippen molar-refractivity contribution >= 4 is 23.0 Å². The number of hydrogen-bond acceptors (Lipinski definition) is 7. The second-order valence-electron chi connectivity index (χ2n) is 6.65. The molecule has 0 aliphatic heterocycles. The molecule has 0 unspecified atom stereocenters. The molecule has 2 rings (SSSR count). The minimum Gasteiger partial charge on any atom is -0.494 e. The van der Waals surface area contributed by atoms with Gasteiger partial charge >= 0.3 is 5.97 Å². The molecule has 0 atom stereocenters. The van der Waals surface area contributed by atoms with E-state index in [1.54, 1.807) is 31.2 Å². The van der Waals surface area contributed by atoms with Crippen LogP contribution in [0.5, 0.6) is 5.75 Å². The fourth-order valence-corrected chi connectivity index (χ4v) is 2.40. The summed E-state index contributed by atoms with van der Waals surface area (Å²) in [4.78, 5) is 21.4. The van der Waals surface area contributed by atoms with Crippen molar-refractivity contribution in [2.75, 3.05) is 13.2 Å². The van der Waals surface area contributed by atoms with Crippen molar-refractivity contribution < 1.29 is 19.2 Å². The van der Waals surface area contributed by atoms with E-state index in [0.29, 0.717) is 30.2 Å². The van der Waals surface area contributed by atoms with Gasteiger partial charge in [0, 0.05) is 17.7 Å². The standard InChI is InChI=1S/C22H25N3O5/c1-17(2)22(26)30-16-6-4-3-5-15-29-21-13-9-19(10-14-21)24-23-18-7-11-20(12-8-18)25(27)28/h7-14H,1,3-6,15-16H2,2H3. The number of non-ortho nitro benzene ring substituents is 1. The smallest absolute Gasteiger partial charge is 0.333 e. The van der Waals surface area contributed by atoms with Gasteiger partial charge in [-0.15, -0.1) is 0 Å². The third kappa shape index (κ3) is 8.22. The van der Waals surface area contributed by atoms with Gasteiger partial charge < -0.3 is 9.47 Å². The van der Waals surface area contributed by atoms with Gasteiger partial charge in [0.15, 0.2) is 0 Å². The molecule has 158 valence electrons. The lowest BCUT2D eigenvalue weighted by Crippen LogP contribution is -2.06. The maximum Gasteiger partial charge on any atom is 0.333 e. The largest absolute Gasteiger partial charge is 0.494 e. The molecule has 0 aromatic heterocycles. The molecule has 0 saturated carbocycles. The Morgan fingerprint density at radius 1 is 0.933 bits per heavy atom. The first-order chi connectivity index (χ1) is 14.5. The highest BCUT2D eigenvalue weighted by Crippen LogP contribution is 2.23. The number of unbranched alkanes of at least 4 members (excludes halogenated alkanes) is 3. The van der Waals surface area contributed by atoms with Crippen LogP contribution in [-0.4, -0.2) is 24.1 Å². The van der Waals surface area contributed by atoms with Gasteiger partial charge in [0.2, 0.25) is 0 Å². The van der Waals surface area contributed by atoms with Gasteiger partial charge in [-0.05, 0) is 69.0 Å². The lowest BCUT2D eigenvalue weighted by atomic mass is 10.2. The van der Waals surface area contributed by atoms with Gasteiger partial charge in [-0.3, -0.25) is 10.1 Å². The average Bonchev–Trinajstić information content (AvgIpc) is 2.75. The molecular formula is C22H25N3O5. The highest BCUT2D eigenvalue weighted by atomic mass is 16.6. The monoisotopic (exact) mass is 411 g/mol. The SMILES string of the molecule is C=C(C)C(=O)OCCCCCCOc1ccc(N=Nc2ccc([N+](=O)[O-])cc2)cc1. The molecule has 30 heavy (non-hydrogen) atoms. The van der Waals surface area contributed by atoms with Gasteiger partial charge in [-0.2, -0.15) is 10.2 Å². The molecule has 0 aliphatic carbocycles. The number of rotatable bonds is 12. The molecule has 0 heterocycles. The van der Waals surface area contributed by atoms with Crippen molar-refractivity contribution in [1.82, 2.24) is 0 Å². The lowest BCUT2D eigenvalue weighted by molar-refractivity contribution is -0.384. The molecule has 8 nitrogen and oxygen atoms in total. The third-order valence-electron chi connectivity index (χ3n) is 4.07. The van der Waals surface area contributed by atoms with Crippen LogP contribution in [0.3, 0.4) is 0 Å². The van der Waals surface area contributed by atoms with Crippen LogP contribution in [-0.2, 0) is 9.53 Å². The minimum absolute atomic E-state index is 0.0154. The van der Waals surface area contributed by atoms with E-state index in [2.05, 4.69) is 16.8 Å². The Balaban J connectivity index is 1.64. The molecule has 0 fully saturated rings. The Morgan fingerprint density at radius 3 is 2.00 bits per heavy atom. The molecule has 0 saturated heterocycles. The van der Waals surface area contributed by atoms with E-state index >= 15 is 0 Å². The Morgan fingerprint density at radius 2 is 1.47 bits per heavy atom. The zero-order valence-electron chi connectivity index (χ0n) is 17.0. The molecule has 0 amide bonds. The minimum atomic E-state index is -0.457. The number of nitro groups is 1. The Bertz CT molecular complexity index is 877. The van der Waals surface area contributed by atoms with Crippen LogP contribution in [0.2, 0.25) is 0 Å². The van der Waals surface area contributed by atoms with E-state index in [0.717, 1.165) is 31.4 Å². The fourth-order valence-electron chi connectivity index (χ4n) is 2.40. The normalized spacial score (nSPS) is 10.7. The predicted octanol–water partition coefficient (Wildman–Crippen LogP) is 6.07. The fraction of sp³-hybridized carbons (Fsp3) is 0.318. The topological polar surface area (TPSA) is 103 Å². The number of benzene rings is 2. The number of azo groups is 1. The van der Waals surface area contributed by atoms with Gasteiger partial charge in [0.05, 0.1) is 29.5 Å². The number of ether oxygens (including phenoxy) is 2. The van der Waals surface area contributed by atoms with Crippen LogP contribution >= 0.6 is 0 Å². The first kappa shape index (κ1) is 22.7. The van der Waals surface area contributed by atoms with Crippen LogP contribution in [0, 0.1) is 10.1 Å². The third-order valence-corrected chi connectivity index (χ3v) is 4.07. The number of hydrogen-bond donors (Lipinski definition) is 0. The maximum atomic E-state index is 11.2. The van der Waals surface area contributed by atoms with Crippen molar-refractivity contribution in [3.63, 3.8) is 0 Å². The second kappa shape index (κ2) is 12.1. The summed E-state index contributed by atoms with van der Waals surface area (Å²) in [6.07, 6.45) is 3.70. The quantitative estimate of drug-likeness (QED) is 0.105. The molecule has 2 aromatic carbocycles. The Labute approximate surface area is 175 Å². The van der Waals surface area contributed by atoms with Crippen molar-refractivity contribution in [1.29, 1.82) is 0 Å². The summed E-state index contributed by atoms with van der Waals surface area (Å²) < 4.78 is 10.7. The van der Waals surface area contributed by atoms with E-state index in [9.17, 15) is 14.9 Å². The summed E-state index contributed by atoms with van der Waals surface area (Å²) in [7, 11) is 0. The Hall–Kier alpha value is -3.55. The first-order valence-corrected chi connectivity index (χ1v) is 9.67. The highest BCUT2D eigenvalue weighted by molar-refractivity contribution is 5.86. The first-order valence-electron chi connectivity index (χ1n) is 9.67. The molecule has 8 heteroatoms. The number of esters is 1. The number of carbonyl (C=O) groups is 1. The van der Waals surface area contributed by atoms with Crippen LogP contribution in [0.15, 0.2) is 70.9 Å². The molecule has 0 N–H and O–H groups in total. The second-order valence-corrected chi connectivity index (χ2v) is 6.65. The van der Waals surface area contributed by atoms with Gasteiger partial charge in [0.25, 0.3) is 5.69 Å². The molecule has 0 aliphatic rings. The van der Waals surface area contributed by atoms with Crippen LogP contribution in [0.1, 0.15) is 32.6 Å². The summed E-state index contributed by atoms with van der Waals surface area (Å²) in [5, 5.41) is 18.8. The van der Waals surface area contributed by atoms with E-state index in [1.165, 1.54) is 12.1 Å². The average molecular weight is 411 g/mol. The summed E-state index contributed by atoms with van der Waals surface area (Å²) in [6.45, 7) is 6.20. The highest BCUT2D eigenvalue weighted by Gasteiger charge is 2.03. The molecule has 0 bridgehead atoms. The maximum absolute atomic E-state index is 11.2. The van der Waals surface area contributed by atoms with Crippen molar-refractivity contribution in [2.45, 2.75) is 32.6 Å². The lowest BCUT2D eigenvalue weighted by Gasteiger charge is -2.07. The van der Waals surface area contributed by atoms with Crippen LogP contribution < -0.4 is 4.74 Å². The van der Waals surface area contributed by atoms with Crippen molar-refractivity contribution in [2.24, 2.45) is 10.2 Å². The summed E-state index contributed by atoms with van der Waals surface area (Å²) in [5.41, 5.74) is 1.63. The van der Waals surface area contributed by atoms with Crippen LogP contribution in [0.25, 0.3) is 0 Å². The van der Waals surface area contributed by atoms with Crippen molar-refractivity contribution in [3.8, 4) is 5.75 Å². The zero-order chi connectivity index (χ0) is 21.8. The van der Waals surface area contributed by atoms with E-state index in [1.807, 2.05) is 12.1 Å². The van der Waals surface area contributed by atoms with E-state index in [4.69, 9.17) is 9.47 Å². The van der Waals surface area contributed by atoms with E-state index in [-0.39, 0.29) is 11.7 Å². The Kier molecular flexibility index (Phi) is 9.18. The molecular weight excluding hydrogens is 386 g/mol. The summed E-state index contributed by atoms with van der Waals surface area (Å²) >= 11 is 0. The number of carbonyl (C=O) groups excluding carboxylic acids is 1. The van der Waals surface area contributed by atoms with Crippen molar-refractivity contribution in [3.05, 3.63) is 70.8 Å². The molecule has 0 spiro atoms. The molecule has 0 radical (unpaired) electrons. The van der Waals surface area contributed by atoms with Crippen LogP contribution in [0.4, 0.5) is 17.1 Å². The number of nitrogens with zero attached hydrogens (tertiary/aromatic N) is 3. The predicted molar refractivity (Wildman–Crippen MR) is 113 cm³/mol. The van der Waals surface area contributed by atoms with Gasteiger partial charge in [0.1, 0.15) is 5.75 Å². The van der Waals surface area contributed by atoms with E-state index < -0.39 is 4.92 Å². The van der Waals surface area contributed by atoms with Gasteiger partial charge in [-0.25, -0.2) is 4.79 Å².